The summed E-state index contributed by atoms with van der Waals surface area (Å²) in [6.45, 7) is 3.75. The number of phenolic OH excluding ortho intramolecular Hbond substituents is 2. The Morgan fingerprint density at radius 1 is 1.12 bits per heavy atom. The third kappa shape index (κ3) is 4.24. The van der Waals surface area contributed by atoms with Gasteiger partial charge in [0.05, 0.1) is 0 Å². The van der Waals surface area contributed by atoms with Crippen molar-refractivity contribution in [2.75, 3.05) is 0 Å². The molecule has 0 saturated heterocycles. The Balaban J connectivity index is 2.05. The number of aryl methyl sites for hydroxylation is 1. The Morgan fingerprint density at radius 2 is 1.75 bits per heavy atom. The van der Waals surface area contributed by atoms with Gasteiger partial charge in [0, 0.05) is 6.42 Å². The molecule has 2 rings (SSSR count). The summed E-state index contributed by atoms with van der Waals surface area (Å²) in [5.74, 6) is 4.58. The van der Waals surface area contributed by atoms with Crippen LogP contribution in [0.2, 0.25) is 0 Å². The predicted molar refractivity (Wildman–Crippen MR) is 90.2 cm³/mol. The van der Waals surface area contributed by atoms with Gasteiger partial charge in [-0.05, 0) is 37.1 Å². The van der Waals surface area contributed by atoms with E-state index in [9.17, 15) is 15.0 Å². The molecule has 0 fully saturated rings. The van der Waals surface area contributed by atoms with Crippen molar-refractivity contribution >= 4 is 5.97 Å². The molecule has 0 aliphatic heterocycles. The lowest BCUT2D eigenvalue weighted by Gasteiger charge is -2.26. The first kappa shape index (κ1) is 17.8. The van der Waals surface area contributed by atoms with Crippen LogP contribution in [0.5, 0.6) is 11.5 Å². The Kier molecular flexibility index (Phi) is 5.43. The molecule has 0 radical (unpaired) electrons. The van der Waals surface area contributed by atoms with Crippen molar-refractivity contribution in [1.82, 2.24) is 5.43 Å². The molecule has 2 aromatic rings. The van der Waals surface area contributed by atoms with E-state index in [0.29, 0.717) is 5.56 Å². The maximum absolute atomic E-state index is 12.4. The third-order valence-electron chi connectivity index (χ3n) is 3.86. The van der Waals surface area contributed by atoms with Crippen LogP contribution in [0, 0.1) is 6.92 Å². The quantitative estimate of drug-likeness (QED) is 0.279. The number of nitrogens with one attached hydrogen (secondary N) is 1. The largest absolute Gasteiger partial charge is 0.504 e. The Labute approximate surface area is 140 Å². The Hall–Kier alpha value is -2.57. The van der Waals surface area contributed by atoms with Gasteiger partial charge in [0.15, 0.2) is 11.5 Å². The van der Waals surface area contributed by atoms with Crippen LogP contribution in [0.4, 0.5) is 0 Å². The van der Waals surface area contributed by atoms with E-state index < -0.39 is 11.5 Å². The highest BCUT2D eigenvalue weighted by molar-refractivity contribution is 5.80. The van der Waals surface area contributed by atoms with Crippen LogP contribution in [0.1, 0.15) is 23.6 Å². The van der Waals surface area contributed by atoms with Crippen molar-refractivity contribution in [3.63, 3.8) is 0 Å². The zero-order valence-corrected chi connectivity index (χ0v) is 13.7. The average Bonchev–Trinajstić information content (AvgIpc) is 2.57. The van der Waals surface area contributed by atoms with Gasteiger partial charge in [0.25, 0.3) is 0 Å². The van der Waals surface area contributed by atoms with Gasteiger partial charge in [-0.1, -0.05) is 35.9 Å². The minimum Gasteiger partial charge on any atom is -0.504 e. The highest BCUT2D eigenvalue weighted by atomic mass is 16.5. The van der Waals surface area contributed by atoms with Gasteiger partial charge in [-0.25, -0.2) is 10.2 Å². The zero-order valence-electron chi connectivity index (χ0n) is 13.7. The van der Waals surface area contributed by atoms with Crippen LogP contribution in [0.25, 0.3) is 0 Å². The SMILES string of the molecule is Cc1ccc(COC(=O)[C@](C)(Cc2ccc(O)c(O)c2)NN)cc1. The number of aromatic hydroxyl groups is 2. The summed E-state index contributed by atoms with van der Waals surface area (Å²) in [4.78, 5) is 12.4. The summed E-state index contributed by atoms with van der Waals surface area (Å²) in [6, 6.07) is 12.0. The molecule has 0 aliphatic rings. The van der Waals surface area contributed by atoms with Gasteiger partial charge >= 0.3 is 5.97 Å². The van der Waals surface area contributed by atoms with Crippen LogP contribution in [-0.4, -0.2) is 21.7 Å². The highest BCUT2D eigenvalue weighted by Crippen LogP contribution is 2.27. The van der Waals surface area contributed by atoms with E-state index in [-0.39, 0.29) is 24.5 Å². The van der Waals surface area contributed by atoms with Crippen molar-refractivity contribution in [3.05, 3.63) is 59.2 Å². The van der Waals surface area contributed by atoms with Crippen molar-refractivity contribution in [1.29, 1.82) is 0 Å². The van der Waals surface area contributed by atoms with E-state index in [4.69, 9.17) is 10.6 Å². The summed E-state index contributed by atoms with van der Waals surface area (Å²) in [7, 11) is 0. The van der Waals surface area contributed by atoms with Gasteiger partial charge in [-0.3, -0.25) is 5.84 Å². The van der Waals surface area contributed by atoms with E-state index in [2.05, 4.69) is 5.43 Å². The second-order valence-corrected chi connectivity index (χ2v) is 6.04. The molecule has 2 aromatic carbocycles. The van der Waals surface area contributed by atoms with E-state index in [1.54, 1.807) is 13.0 Å². The molecule has 0 unspecified atom stereocenters. The molecule has 0 heterocycles. The number of rotatable bonds is 6. The lowest BCUT2D eigenvalue weighted by atomic mass is 9.93. The summed E-state index contributed by atoms with van der Waals surface area (Å²) in [5, 5.41) is 18.9. The summed E-state index contributed by atoms with van der Waals surface area (Å²) in [5.41, 5.74) is 3.98. The molecule has 0 amide bonds. The smallest absolute Gasteiger partial charge is 0.328 e. The Morgan fingerprint density at radius 3 is 2.33 bits per heavy atom. The van der Waals surface area contributed by atoms with Crippen LogP contribution in [0.3, 0.4) is 0 Å². The van der Waals surface area contributed by atoms with Gasteiger partial charge in [-0.2, -0.15) is 0 Å². The molecule has 0 aliphatic carbocycles. The number of carbonyl (C=O) groups is 1. The summed E-state index contributed by atoms with van der Waals surface area (Å²) in [6.07, 6.45) is 0.198. The number of nitrogens with two attached hydrogens (primary N) is 1. The van der Waals surface area contributed by atoms with Crippen LogP contribution >= 0.6 is 0 Å². The molecule has 0 saturated carbocycles. The zero-order chi connectivity index (χ0) is 17.7. The fraction of sp³-hybridized carbons (Fsp3) is 0.278. The van der Waals surface area contributed by atoms with Crippen molar-refractivity contribution in [2.45, 2.75) is 32.4 Å². The van der Waals surface area contributed by atoms with E-state index >= 15 is 0 Å². The monoisotopic (exact) mass is 330 g/mol. The van der Waals surface area contributed by atoms with E-state index in [1.165, 1.54) is 12.1 Å². The number of hydrogen-bond acceptors (Lipinski definition) is 6. The maximum atomic E-state index is 12.4. The van der Waals surface area contributed by atoms with Gasteiger partial charge in [0.1, 0.15) is 12.1 Å². The first-order valence-corrected chi connectivity index (χ1v) is 7.55. The van der Waals surface area contributed by atoms with E-state index in [0.717, 1.165) is 11.1 Å². The molecule has 6 heteroatoms. The normalized spacial score (nSPS) is 13.3. The average molecular weight is 330 g/mol. The molecule has 6 nitrogen and oxygen atoms in total. The first-order valence-electron chi connectivity index (χ1n) is 7.55. The topological polar surface area (TPSA) is 105 Å². The molecule has 128 valence electrons. The van der Waals surface area contributed by atoms with Gasteiger partial charge < -0.3 is 14.9 Å². The number of esters is 1. The van der Waals surface area contributed by atoms with Crippen molar-refractivity contribution < 1.29 is 19.7 Å². The molecular formula is C18H22N2O4. The minimum absolute atomic E-state index is 0.150. The molecule has 24 heavy (non-hydrogen) atoms. The minimum atomic E-state index is -1.16. The lowest BCUT2D eigenvalue weighted by Crippen LogP contribution is -2.55. The van der Waals surface area contributed by atoms with Crippen LogP contribution in [0.15, 0.2) is 42.5 Å². The molecule has 1 atom stereocenters. The lowest BCUT2D eigenvalue weighted by molar-refractivity contribution is -0.152. The third-order valence-corrected chi connectivity index (χ3v) is 3.86. The molecule has 0 spiro atoms. The molecule has 5 N–H and O–H groups in total. The molecular weight excluding hydrogens is 308 g/mol. The van der Waals surface area contributed by atoms with E-state index in [1.807, 2.05) is 31.2 Å². The molecule has 0 aromatic heterocycles. The number of benzene rings is 2. The molecule has 0 bridgehead atoms. The fourth-order valence-electron chi connectivity index (χ4n) is 2.26. The predicted octanol–water partition coefficient (Wildman–Crippen LogP) is 1.91. The maximum Gasteiger partial charge on any atom is 0.328 e. The fourth-order valence-corrected chi connectivity index (χ4v) is 2.26. The second kappa shape index (κ2) is 7.33. The van der Waals surface area contributed by atoms with Gasteiger partial charge in [-0.15, -0.1) is 0 Å². The van der Waals surface area contributed by atoms with Gasteiger partial charge in [0.2, 0.25) is 0 Å². The highest BCUT2D eigenvalue weighted by Gasteiger charge is 2.34. The number of carbonyl (C=O) groups excluding carboxylic acids is 1. The standard InChI is InChI=1S/C18H22N2O4/c1-12-3-5-13(6-4-12)11-24-17(23)18(2,20-19)10-14-7-8-15(21)16(22)9-14/h3-9,20-22H,10-11,19H2,1-2H3/t18-/m0/s1. The first-order chi connectivity index (χ1) is 11.3. The van der Waals surface area contributed by atoms with Crippen molar-refractivity contribution in [2.24, 2.45) is 5.84 Å². The number of hydrazine groups is 1. The van der Waals surface area contributed by atoms with Crippen LogP contribution < -0.4 is 11.3 Å². The second-order valence-electron chi connectivity index (χ2n) is 6.04. The van der Waals surface area contributed by atoms with Crippen molar-refractivity contribution in [3.8, 4) is 11.5 Å². The summed E-state index contributed by atoms with van der Waals surface area (Å²) >= 11 is 0. The van der Waals surface area contributed by atoms with Crippen LogP contribution in [-0.2, 0) is 22.6 Å². The number of hydrogen-bond donors (Lipinski definition) is 4. The number of ether oxygens (including phenoxy) is 1. The Bertz CT molecular complexity index is 715. The number of phenols is 2. The summed E-state index contributed by atoms with van der Waals surface area (Å²) < 4.78 is 5.36.